The first kappa shape index (κ1) is 26.7. The Kier molecular flexibility index (Phi) is 6.88. The molecule has 3 N–H and O–H groups in total. The van der Waals surface area contributed by atoms with Gasteiger partial charge < -0.3 is 20.1 Å². The van der Waals surface area contributed by atoms with Gasteiger partial charge in [0.15, 0.2) is 23.3 Å². The number of halogens is 6. The molecule has 2 aromatic heterocycles. The highest BCUT2D eigenvalue weighted by molar-refractivity contribution is 5.58. The Hall–Kier alpha value is -3.86. The largest absolute Gasteiger partial charge is 0.416 e. The van der Waals surface area contributed by atoms with E-state index in [4.69, 9.17) is 4.74 Å². The van der Waals surface area contributed by atoms with E-state index in [1.165, 1.54) is 6.07 Å². The molecule has 16 heteroatoms. The van der Waals surface area contributed by atoms with E-state index in [0.717, 1.165) is 40.1 Å². The summed E-state index contributed by atoms with van der Waals surface area (Å²) in [5, 5.41) is 43.4. The lowest BCUT2D eigenvalue weighted by Crippen LogP contribution is -2.53. The van der Waals surface area contributed by atoms with E-state index in [1.807, 2.05) is 0 Å². The highest BCUT2D eigenvalue weighted by Crippen LogP contribution is 2.39. The van der Waals surface area contributed by atoms with Gasteiger partial charge in [-0.3, -0.25) is 0 Å². The molecule has 1 fully saturated rings. The molecule has 1 unspecified atom stereocenters. The lowest BCUT2D eigenvalue weighted by molar-refractivity contribution is -0.210. The number of nitrogens with zero attached hydrogens (tertiary/aromatic N) is 6. The smallest absolute Gasteiger partial charge is 0.394 e. The van der Waals surface area contributed by atoms with E-state index in [9.17, 15) is 41.7 Å². The van der Waals surface area contributed by atoms with E-state index in [0.29, 0.717) is 12.1 Å². The number of ether oxygens (including phenoxy) is 1. The van der Waals surface area contributed by atoms with Crippen LogP contribution in [0.4, 0.5) is 26.3 Å². The van der Waals surface area contributed by atoms with Crippen molar-refractivity contribution < 1.29 is 46.4 Å². The average molecular weight is 556 g/mol. The Morgan fingerprint density at radius 3 is 2.38 bits per heavy atom. The maximum absolute atomic E-state index is 13.7. The summed E-state index contributed by atoms with van der Waals surface area (Å²) in [6.07, 6.45) is -8.56. The highest BCUT2D eigenvalue weighted by atomic mass is 19.4. The highest BCUT2D eigenvalue weighted by Gasteiger charge is 2.48. The number of hydrogen-bond acceptors (Lipinski definition) is 8. The molecule has 1 aliphatic heterocycles. The van der Waals surface area contributed by atoms with Crippen LogP contribution >= 0.6 is 0 Å². The zero-order valence-electron chi connectivity index (χ0n) is 19.4. The fourth-order valence-corrected chi connectivity index (χ4v) is 4.34. The third-order valence-corrected chi connectivity index (χ3v) is 6.23. The Morgan fingerprint density at radius 2 is 1.72 bits per heavy atom. The van der Waals surface area contributed by atoms with Crippen molar-refractivity contribution in [1.29, 1.82) is 0 Å². The molecule has 5 atom stereocenters. The molecule has 206 valence electrons. The van der Waals surface area contributed by atoms with E-state index in [1.54, 1.807) is 0 Å². The molecule has 0 spiro atoms. The van der Waals surface area contributed by atoms with Crippen LogP contribution in [-0.2, 0) is 10.9 Å². The van der Waals surface area contributed by atoms with Crippen molar-refractivity contribution in [1.82, 2.24) is 29.8 Å². The van der Waals surface area contributed by atoms with Crippen molar-refractivity contribution >= 4 is 0 Å². The van der Waals surface area contributed by atoms with Crippen LogP contribution in [0.5, 0.6) is 0 Å². The lowest BCUT2D eigenvalue weighted by Gasteiger charge is -2.41. The van der Waals surface area contributed by atoms with Crippen LogP contribution in [0.2, 0.25) is 0 Å². The number of rotatable bonds is 5. The van der Waals surface area contributed by atoms with Crippen LogP contribution < -0.4 is 0 Å². The van der Waals surface area contributed by atoms with Gasteiger partial charge in [-0.25, -0.2) is 27.5 Å². The zero-order chi connectivity index (χ0) is 28.1. The lowest BCUT2D eigenvalue weighted by atomic mass is 9.92. The van der Waals surface area contributed by atoms with Crippen molar-refractivity contribution in [2.75, 3.05) is 6.61 Å². The second-order valence-electron chi connectivity index (χ2n) is 8.67. The molecular formula is C23H18F6N6O4. The number of hydrogen-bond donors (Lipinski definition) is 3. The zero-order valence-corrected chi connectivity index (χ0v) is 19.4. The standard InChI is InChI=1S/C23H18F6N6O4/c24-13-4-10(5-14(25)17(13)26)15-7-34(33-32-15)18-19(37)16(8-36)39-21(20(18)38)22-30-9-31-35(22)12-3-1-2-11(6-12)23(27,28)29/h1-7,9,16,18-21,36-38H,8H2/t16-,18+,19?,20-,21-/m1/s1. The molecule has 0 amide bonds. The number of aromatic nitrogens is 6. The van der Waals surface area contributed by atoms with Gasteiger partial charge in [0.2, 0.25) is 0 Å². The summed E-state index contributed by atoms with van der Waals surface area (Å²) in [6, 6.07) is 4.13. The van der Waals surface area contributed by atoms with Gasteiger partial charge in [0.25, 0.3) is 0 Å². The van der Waals surface area contributed by atoms with Gasteiger partial charge in [-0.15, -0.1) is 5.10 Å². The van der Waals surface area contributed by atoms with Gasteiger partial charge in [-0.1, -0.05) is 11.3 Å². The van der Waals surface area contributed by atoms with Gasteiger partial charge >= 0.3 is 6.18 Å². The van der Waals surface area contributed by atoms with Gasteiger partial charge in [0, 0.05) is 5.56 Å². The van der Waals surface area contributed by atoms with Gasteiger partial charge in [-0.05, 0) is 30.3 Å². The van der Waals surface area contributed by atoms with Crippen molar-refractivity contribution in [3.8, 4) is 16.9 Å². The molecule has 5 rings (SSSR count). The number of alkyl halides is 3. The maximum atomic E-state index is 13.7. The van der Waals surface area contributed by atoms with E-state index in [-0.39, 0.29) is 22.8 Å². The van der Waals surface area contributed by atoms with E-state index >= 15 is 0 Å². The molecule has 2 aromatic carbocycles. The molecule has 0 saturated carbocycles. The average Bonchev–Trinajstić information content (AvgIpc) is 3.57. The van der Waals surface area contributed by atoms with Gasteiger partial charge in [-0.2, -0.15) is 18.3 Å². The van der Waals surface area contributed by atoms with Crippen LogP contribution in [-0.4, -0.2) is 70.0 Å². The third kappa shape index (κ3) is 4.87. The fourth-order valence-electron chi connectivity index (χ4n) is 4.34. The first-order chi connectivity index (χ1) is 18.5. The first-order valence-corrected chi connectivity index (χ1v) is 11.3. The minimum absolute atomic E-state index is 0.0558. The molecular weight excluding hydrogens is 538 g/mol. The first-order valence-electron chi connectivity index (χ1n) is 11.3. The Bertz CT molecular complexity index is 1470. The summed E-state index contributed by atoms with van der Waals surface area (Å²) < 4.78 is 88.2. The molecule has 10 nitrogen and oxygen atoms in total. The molecule has 3 heterocycles. The molecule has 4 aromatic rings. The SMILES string of the molecule is OC[C@H]1O[C@@H](c2ncnn2-c2cccc(C(F)(F)F)c2)[C@H](O)[C@@H](n2cc(-c3cc(F)c(F)c(F)c3)nn2)C1O. The Balaban J connectivity index is 1.51. The van der Waals surface area contributed by atoms with Crippen molar-refractivity contribution in [2.24, 2.45) is 0 Å². The van der Waals surface area contributed by atoms with Crippen LogP contribution in [0.3, 0.4) is 0 Å². The second-order valence-corrected chi connectivity index (χ2v) is 8.67. The van der Waals surface area contributed by atoms with Crippen molar-refractivity contribution in [3.63, 3.8) is 0 Å². The number of aliphatic hydroxyl groups excluding tert-OH is 3. The summed E-state index contributed by atoms with van der Waals surface area (Å²) >= 11 is 0. The predicted molar refractivity (Wildman–Crippen MR) is 117 cm³/mol. The van der Waals surface area contributed by atoms with Crippen LogP contribution in [0.15, 0.2) is 48.9 Å². The summed E-state index contributed by atoms with van der Waals surface area (Å²) in [5.41, 5.74) is -1.34. The van der Waals surface area contributed by atoms with Crippen LogP contribution in [0.25, 0.3) is 16.9 Å². The molecule has 0 aliphatic carbocycles. The van der Waals surface area contributed by atoms with Gasteiger partial charge in [0.05, 0.1) is 24.1 Å². The van der Waals surface area contributed by atoms with Crippen molar-refractivity contribution in [3.05, 3.63) is 77.8 Å². The van der Waals surface area contributed by atoms with E-state index in [2.05, 4.69) is 20.4 Å². The molecule has 1 aliphatic rings. The molecule has 1 saturated heterocycles. The summed E-state index contributed by atoms with van der Waals surface area (Å²) in [4.78, 5) is 4.02. The number of benzene rings is 2. The van der Waals surface area contributed by atoms with Crippen molar-refractivity contribution in [2.45, 2.75) is 36.6 Å². The summed E-state index contributed by atoms with van der Waals surface area (Å²) in [6.45, 7) is -0.742. The quantitative estimate of drug-likeness (QED) is 0.252. The Morgan fingerprint density at radius 1 is 1.00 bits per heavy atom. The Labute approximate surface area is 214 Å². The van der Waals surface area contributed by atoms with E-state index < -0.39 is 66.3 Å². The number of aliphatic hydroxyl groups is 3. The topological polar surface area (TPSA) is 131 Å². The molecule has 0 radical (unpaired) electrons. The summed E-state index contributed by atoms with van der Waals surface area (Å²) in [5.74, 6) is -4.78. The third-order valence-electron chi connectivity index (χ3n) is 6.23. The van der Waals surface area contributed by atoms with Crippen LogP contribution in [0, 0.1) is 17.5 Å². The normalized spacial score (nSPS) is 23.8. The summed E-state index contributed by atoms with van der Waals surface area (Å²) in [7, 11) is 0. The monoisotopic (exact) mass is 556 g/mol. The maximum Gasteiger partial charge on any atom is 0.416 e. The van der Waals surface area contributed by atoms with Gasteiger partial charge in [0.1, 0.15) is 42.5 Å². The predicted octanol–water partition coefficient (Wildman–Crippen LogP) is 2.36. The second kappa shape index (κ2) is 10.0. The molecule has 39 heavy (non-hydrogen) atoms. The fraction of sp³-hybridized carbons (Fsp3) is 0.304. The van der Waals surface area contributed by atoms with Crippen LogP contribution in [0.1, 0.15) is 23.5 Å². The minimum atomic E-state index is -4.64. The molecule has 0 bridgehead atoms. The minimum Gasteiger partial charge on any atom is -0.394 e.